The molecule has 6 aromatic heterocycles. The van der Waals surface area contributed by atoms with Crippen molar-refractivity contribution in [2.24, 2.45) is 0 Å². The Hall–Kier alpha value is -4.74. The van der Waals surface area contributed by atoms with Gasteiger partial charge in [-0.3, -0.25) is 23.6 Å². The minimum atomic E-state index is -0.410. The molecule has 0 saturated heterocycles. The van der Waals surface area contributed by atoms with Crippen LogP contribution in [0, 0.1) is 0 Å². The Balaban J connectivity index is 1.63. The van der Waals surface area contributed by atoms with Crippen molar-refractivity contribution in [3.8, 4) is 17.1 Å². The van der Waals surface area contributed by atoms with Crippen molar-refractivity contribution in [3.05, 3.63) is 80.4 Å². The Morgan fingerprint density at radius 3 is 2.26 bits per heavy atom. The lowest BCUT2D eigenvalue weighted by Gasteiger charge is -2.18. The second kappa shape index (κ2) is 8.65. The van der Waals surface area contributed by atoms with E-state index in [4.69, 9.17) is 4.98 Å². The summed E-state index contributed by atoms with van der Waals surface area (Å²) in [4.78, 5) is 53.5. The molecule has 0 bridgehead atoms. The Morgan fingerprint density at radius 1 is 0.821 bits per heavy atom. The number of rotatable bonds is 5. The summed E-state index contributed by atoms with van der Waals surface area (Å²) < 4.78 is 10.2. The van der Waals surface area contributed by atoms with Gasteiger partial charge in [-0.15, -0.1) is 0 Å². The summed E-state index contributed by atoms with van der Waals surface area (Å²) in [7, 11) is 0. The molecular weight excluding hydrogens is 498 g/mol. The fourth-order valence-electron chi connectivity index (χ4n) is 5.10. The van der Waals surface area contributed by atoms with Crippen molar-refractivity contribution >= 4 is 22.5 Å². The van der Waals surface area contributed by atoms with Crippen LogP contribution in [0.3, 0.4) is 0 Å². The van der Waals surface area contributed by atoms with Gasteiger partial charge in [0, 0.05) is 55.2 Å². The molecule has 0 unspecified atom stereocenters. The third-order valence-electron chi connectivity index (χ3n) is 6.97. The number of aromatic nitrogens is 9. The van der Waals surface area contributed by atoms with Gasteiger partial charge in [0.25, 0.3) is 11.1 Å². The van der Waals surface area contributed by atoms with Crippen LogP contribution in [0.1, 0.15) is 59.7 Å². The summed E-state index contributed by atoms with van der Waals surface area (Å²) in [6, 6.07) is 3.32. The van der Waals surface area contributed by atoms with Crippen molar-refractivity contribution in [1.29, 1.82) is 0 Å². The van der Waals surface area contributed by atoms with Crippen molar-refractivity contribution in [2.75, 3.05) is 0 Å². The topological polar surface area (TPSA) is 118 Å². The molecule has 0 fully saturated rings. The van der Waals surface area contributed by atoms with E-state index in [0.29, 0.717) is 33.8 Å². The lowest BCUT2D eigenvalue weighted by atomic mass is 10.2. The SMILES string of the molecule is CC(C)n1cnc2c(=O)n(-c3cn(C(C)C)c4nc(-c5cc(=O)c6nccn6n5C(C)C)cn4c3=O)ccc21. The molecule has 0 amide bonds. The molecule has 6 aromatic rings. The molecule has 0 spiro atoms. The second-order valence-electron chi connectivity index (χ2n) is 10.5. The number of hydrogen-bond acceptors (Lipinski definition) is 6. The van der Waals surface area contributed by atoms with Crippen LogP contribution in [0.25, 0.3) is 39.5 Å². The molecule has 0 radical (unpaired) electrons. The van der Waals surface area contributed by atoms with Crippen LogP contribution in [-0.2, 0) is 0 Å². The highest BCUT2D eigenvalue weighted by atomic mass is 16.1. The number of fused-ring (bicyclic) bond motifs is 3. The molecule has 0 aliphatic carbocycles. The van der Waals surface area contributed by atoms with Gasteiger partial charge in [0.05, 0.1) is 17.5 Å². The molecule has 0 aliphatic rings. The molecule has 0 N–H and O–H groups in total. The van der Waals surface area contributed by atoms with E-state index in [2.05, 4.69) is 9.97 Å². The van der Waals surface area contributed by atoms with Gasteiger partial charge >= 0.3 is 0 Å². The summed E-state index contributed by atoms with van der Waals surface area (Å²) in [6.07, 6.45) is 9.83. The first-order chi connectivity index (χ1) is 18.6. The third kappa shape index (κ3) is 3.58. The Kier molecular flexibility index (Phi) is 5.45. The molecule has 12 nitrogen and oxygen atoms in total. The van der Waals surface area contributed by atoms with Crippen LogP contribution < -0.4 is 16.5 Å². The van der Waals surface area contributed by atoms with E-state index in [1.165, 1.54) is 15.0 Å². The molecule has 0 aromatic carbocycles. The van der Waals surface area contributed by atoms with Gasteiger partial charge in [-0.05, 0) is 47.6 Å². The molecule has 0 saturated carbocycles. The predicted molar refractivity (Wildman–Crippen MR) is 148 cm³/mol. The van der Waals surface area contributed by atoms with E-state index in [1.807, 2.05) is 55.4 Å². The fourth-order valence-corrected chi connectivity index (χ4v) is 5.10. The summed E-state index contributed by atoms with van der Waals surface area (Å²) >= 11 is 0. The maximum absolute atomic E-state index is 13.8. The van der Waals surface area contributed by atoms with Crippen molar-refractivity contribution in [1.82, 2.24) is 42.3 Å². The zero-order chi connectivity index (χ0) is 27.7. The van der Waals surface area contributed by atoms with Gasteiger partial charge < -0.3 is 9.13 Å². The Morgan fingerprint density at radius 2 is 1.56 bits per heavy atom. The molecule has 200 valence electrons. The van der Waals surface area contributed by atoms with Crippen LogP contribution in [0.5, 0.6) is 0 Å². The average Bonchev–Trinajstić information content (AvgIpc) is 3.63. The monoisotopic (exact) mass is 527 g/mol. The summed E-state index contributed by atoms with van der Waals surface area (Å²) in [5.41, 5.74) is 1.48. The Labute approximate surface area is 222 Å². The average molecular weight is 528 g/mol. The highest BCUT2D eigenvalue weighted by molar-refractivity contribution is 5.74. The summed E-state index contributed by atoms with van der Waals surface area (Å²) in [6.45, 7) is 12.0. The van der Waals surface area contributed by atoms with Crippen LogP contribution in [0.4, 0.5) is 0 Å². The molecular formula is C27H29N9O3. The quantitative estimate of drug-likeness (QED) is 0.340. The maximum atomic E-state index is 13.8. The van der Waals surface area contributed by atoms with Crippen LogP contribution >= 0.6 is 0 Å². The molecule has 39 heavy (non-hydrogen) atoms. The summed E-state index contributed by atoms with van der Waals surface area (Å²) in [5, 5.41) is 0. The minimum absolute atomic E-state index is 0.0300. The first-order valence-corrected chi connectivity index (χ1v) is 12.9. The van der Waals surface area contributed by atoms with Crippen LogP contribution in [-0.4, -0.2) is 42.3 Å². The van der Waals surface area contributed by atoms with E-state index >= 15 is 0 Å². The fraction of sp³-hybridized carbons (Fsp3) is 0.333. The molecule has 0 aliphatic heterocycles. The van der Waals surface area contributed by atoms with Gasteiger partial charge in [-0.2, -0.15) is 0 Å². The lowest BCUT2D eigenvalue weighted by Crippen LogP contribution is -2.29. The van der Waals surface area contributed by atoms with Crippen LogP contribution in [0.15, 0.2) is 63.8 Å². The first-order valence-electron chi connectivity index (χ1n) is 12.9. The second-order valence-corrected chi connectivity index (χ2v) is 10.5. The maximum Gasteiger partial charge on any atom is 0.283 e. The van der Waals surface area contributed by atoms with E-state index in [1.54, 1.807) is 47.9 Å². The normalized spacial score (nSPS) is 12.3. The van der Waals surface area contributed by atoms with Crippen molar-refractivity contribution < 1.29 is 0 Å². The van der Waals surface area contributed by atoms with E-state index in [0.717, 1.165) is 0 Å². The Bertz CT molecular complexity index is 2080. The lowest BCUT2D eigenvalue weighted by molar-refractivity contribution is 0.500. The highest BCUT2D eigenvalue weighted by Crippen LogP contribution is 2.23. The predicted octanol–water partition coefficient (Wildman–Crippen LogP) is 3.22. The van der Waals surface area contributed by atoms with Gasteiger partial charge in [-0.25, -0.2) is 23.9 Å². The van der Waals surface area contributed by atoms with E-state index < -0.39 is 5.56 Å². The standard InChI is InChI=1S/C27H29N9O3/c1-15(2)32-13-21(31-9-7-19-23(26(31)39)29-14-34(19)16(3)4)25(38)33-12-18(30-27(32)33)20-11-22(37)24-28-8-10-35(24)36(20)17(5)6/h7-17H,1-6H3. The largest absolute Gasteiger partial charge is 0.328 e. The van der Waals surface area contributed by atoms with Gasteiger partial charge in [-0.1, -0.05) is 0 Å². The minimum Gasteiger partial charge on any atom is -0.328 e. The molecule has 0 atom stereocenters. The molecule has 12 heteroatoms. The zero-order valence-corrected chi connectivity index (χ0v) is 22.6. The van der Waals surface area contributed by atoms with Crippen molar-refractivity contribution in [3.63, 3.8) is 0 Å². The number of nitrogens with zero attached hydrogens (tertiary/aromatic N) is 9. The van der Waals surface area contributed by atoms with Gasteiger partial charge in [0.2, 0.25) is 11.2 Å². The van der Waals surface area contributed by atoms with E-state index in [-0.39, 0.29) is 34.8 Å². The smallest absolute Gasteiger partial charge is 0.283 e. The third-order valence-corrected chi connectivity index (χ3v) is 6.97. The number of hydrogen-bond donors (Lipinski definition) is 0. The highest BCUT2D eigenvalue weighted by Gasteiger charge is 2.21. The number of pyridine rings is 1. The zero-order valence-electron chi connectivity index (χ0n) is 22.6. The van der Waals surface area contributed by atoms with Gasteiger partial charge in [0.1, 0.15) is 11.4 Å². The van der Waals surface area contributed by atoms with Gasteiger partial charge in [0.15, 0.2) is 11.2 Å². The van der Waals surface area contributed by atoms with Crippen molar-refractivity contribution in [2.45, 2.75) is 59.7 Å². The van der Waals surface area contributed by atoms with E-state index in [9.17, 15) is 14.4 Å². The molecule has 6 rings (SSSR count). The molecule has 6 heterocycles. The van der Waals surface area contributed by atoms with Crippen LogP contribution in [0.2, 0.25) is 0 Å². The number of imidazole rings is 3. The first kappa shape index (κ1) is 24.6. The summed E-state index contributed by atoms with van der Waals surface area (Å²) in [5.74, 6) is 0.403.